The molecule has 1 aromatic carbocycles. The summed E-state index contributed by atoms with van der Waals surface area (Å²) in [5, 5.41) is 0. The number of aromatic nitrogens is 2. The Kier molecular flexibility index (Phi) is 3.53. The maximum Gasteiger partial charge on any atom is 0.139 e. The summed E-state index contributed by atoms with van der Waals surface area (Å²) in [6.07, 6.45) is 0. The molecule has 3 rings (SSSR count). The van der Waals surface area contributed by atoms with E-state index in [4.69, 9.17) is 12.2 Å². The van der Waals surface area contributed by atoms with Gasteiger partial charge in [-0.3, -0.25) is 0 Å². The van der Waals surface area contributed by atoms with Gasteiger partial charge in [-0.1, -0.05) is 28.1 Å². The number of aryl methyl sites for hydroxylation is 2. The number of hydrogen-bond donors (Lipinski definition) is 1. The van der Waals surface area contributed by atoms with E-state index in [1.807, 2.05) is 11.8 Å². The molecule has 0 bridgehead atoms. The Morgan fingerprint density at radius 1 is 1.26 bits per heavy atom. The summed E-state index contributed by atoms with van der Waals surface area (Å²) < 4.78 is 1.90. The minimum atomic E-state index is 0.743. The molecule has 0 unspecified atom stereocenters. The second-order valence-corrected chi connectivity index (χ2v) is 6.93. The first-order chi connectivity index (χ1) is 9.06. The minimum absolute atomic E-state index is 0.743. The zero-order chi connectivity index (χ0) is 13.6. The lowest BCUT2D eigenvalue weighted by Crippen LogP contribution is -1.98. The Morgan fingerprint density at radius 2 is 1.95 bits per heavy atom. The Labute approximate surface area is 130 Å². The van der Waals surface area contributed by atoms with E-state index in [1.54, 1.807) is 0 Å². The molecule has 98 valence electrons. The van der Waals surface area contributed by atoms with Gasteiger partial charge in [-0.25, -0.2) is 4.98 Å². The van der Waals surface area contributed by atoms with E-state index in [-0.39, 0.29) is 0 Å². The maximum atomic E-state index is 5.40. The van der Waals surface area contributed by atoms with E-state index >= 15 is 0 Å². The lowest BCUT2D eigenvalue weighted by molar-refractivity contribution is 1.06. The first-order valence-corrected chi connectivity index (χ1v) is 8.39. The van der Waals surface area contributed by atoms with Gasteiger partial charge in [-0.15, -0.1) is 0 Å². The van der Waals surface area contributed by atoms with Crippen molar-refractivity contribution in [3.8, 4) is 11.4 Å². The standard InChI is InChI=1S/C14H13BrN2S2/c1-7-3-9(4-8(2)12(7)15)13-16-11-6-19-5-10(11)14(18)17-13/h3-4H,5-6H2,1-2H3,(H,16,17,18). The number of nitrogens with one attached hydrogen (secondary N) is 1. The molecule has 0 atom stereocenters. The fourth-order valence-corrected chi connectivity index (χ4v) is 3.97. The largest absolute Gasteiger partial charge is 0.342 e. The third-order valence-corrected chi connectivity index (χ3v) is 5.88. The van der Waals surface area contributed by atoms with Crippen LogP contribution in [-0.4, -0.2) is 9.97 Å². The van der Waals surface area contributed by atoms with Gasteiger partial charge in [-0.05, 0) is 37.1 Å². The molecule has 1 N–H and O–H groups in total. The number of halogens is 1. The zero-order valence-electron chi connectivity index (χ0n) is 10.7. The lowest BCUT2D eigenvalue weighted by atomic mass is 10.1. The molecule has 0 saturated carbocycles. The molecule has 2 nitrogen and oxygen atoms in total. The van der Waals surface area contributed by atoms with Gasteiger partial charge < -0.3 is 4.98 Å². The van der Waals surface area contributed by atoms with Crippen LogP contribution in [0.4, 0.5) is 0 Å². The summed E-state index contributed by atoms with van der Waals surface area (Å²) in [5.74, 6) is 2.87. The van der Waals surface area contributed by atoms with E-state index in [0.29, 0.717) is 0 Å². The van der Waals surface area contributed by atoms with E-state index in [2.05, 4.69) is 51.9 Å². The Bertz CT molecular complexity index is 699. The predicted octanol–water partition coefficient (Wildman–Crippen LogP) is 4.93. The van der Waals surface area contributed by atoms with Crippen LogP contribution in [0.5, 0.6) is 0 Å². The molecule has 2 aromatic rings. The molecule has 5 heteroatoms. The van der Waals surface area contributed by atoms with Crippen molar-refractivity contribution in [2.75, 3.05) is 0 Å². The third-order valence-electron chi connectivity index (χ3n) is 3.31. The van der Waals surface area contributed by atoms with Gasteiger partial charge in [0.25, 0.3) is 0 Å². The first-order valence-electron chi connectivity index (χ1n) is 6.03. The van der Waals surface area contributed by atoms with Gasteiger partial charge in [0.1, 0.15) is 10.5 Å². The van der Waals surface area contributed by atoms with Crippen LogP contribution in [0.3, 0.4) is 0 Å². The summed E-state index contributed by atoms with van der Waals surface area (Å²) in [5.41, 5.74) is 5.97. The fraction of sp³-hybridized carbons (Fsp3) is 0.286. The van der Waals surface area contributed by atoms with Gasteiger partial charge in [0, 0.05) is 32.8 Å². The van der Waals surface area contributed by atoms with E-state index in [9.17, 15) is 0 Å². The van der Waals surface area contributed by atoms with Crippen molar-refractivity contribution < 1.29 is 0 Å². The summed E-state index contributed by atoms with van der Waals surface area (Å²) in [6, 6.07) is 4.28. The topological polar surface area (TPSA) is 28.7 Å². The van der Waals surface area contributed by atoms with E-state index in [0.717, 1.165) is 32.0 Å². The summed E-state index contributed by atoms with van der Waals surface area (Å²) in [6.45, 7) is 4.19. The van der Waals surface area contributed by atoms with E-state index in [1.165, 1.54) is 22.4 Å². The number of benzene rings is 1. The predicted molar refractivity (Wildman–Crippen MR) is 87.0 cm³/mol. The van der Waals surface area contributed by atoms with Crippen molar-refractivity contribution >= 4 is 39.9 Å². The van der Waals surface area contributed by atoms with Crippen molar-refractivity contribution in [1.29, 1.82) is 0 Å². The number of nitrogens with zero attached hydrogens (tertiary/aromatic N) is 1. The molecule has 0 amide bonds. The number of hydrogen-bond acceptors (Lipinski definition) is 3. The number of rotatable bonds is 1. The zero-order valence-corrected chi connectivity index (χ0v) is 13.9. The van der Waals surface area contributed by atoms with Crippen LogP contribution in [-0.2, 0) is 11.5 Å². The van der Waals surface area contributed by atoms with Crippen molar-refractivity contribution in [2.24, 2.45) is 0 Å². The fourth-order valence-electron chi connectivity index (χ4n) is 2.29. The average Bonchev–Trinajstić information content (AvgIpc) is 2.84. The van der Waals surface area contributed by atoms with Crippen LogP contribution in [0.15, 0.2) is 16.6 Å². The Balaban J connectivity index is 2.18. The molecule has 0 spiro atoms. The van der Waals surface area contributed by atoms with Gasteiger partial charge in [0.05, 0.1) is 0 Å². The van der Waals surface area contributed by atoms with Crippen molar-refractivity contribution in [3.05, 3.63) is 43.6 Å². The number of H-pyrrole nitrogens is 1. The monoisotopic (exact) mass is 352 g/mol. The third kappa shape index (κ3) is 2.39. The molecule has 1 aliphatic heterocycles. The minimum Gasteiger partial charge on any atom is -0.342 e. The molecule has 0 saturated heterocycles. The highest BCUT2D eigenvalue weighted by Crippen LogP contribution is 2.32. The Morgan fingerprint density at radius 3 is 2.63 bits per heavy atom. The normalized spacial score (nSPS) is 13.6. The second kappa shape index (κ2) is 5.04. The summed E-state index contributed by atoms with van der Waals surface area (Å²) >= 11 is 10.9. The molecule has 0 radical (unpaired) electrons. The summed E-state index contributed by atoms with van der Waals surface area (Å²) in [4.78, 5) is 8.00. The van der Waals surface area contributed by atoms with Gasteiger partial charge in [-0.2, -0.15) is 11.8 Å². The SMILES string of the molecule is Cc1cc(-c2nc(=S)c3c([nH]2)CSC3)cc(C)c1Br. The number of fused-ring (bicyclic) bond motifs is 1. The average molecular weight is 353 g/mol. The van der Waals surface area contributed by atoms with Crippen LogP contribution in [0.1, 0.15) is 22.4 Å². The highest BCUT2D eigenvalue weighted by molar-refractivity contribution is 9.10. The van der Waals surface area contributed by atoms with E-state index < -0.39 is 0 Å². The van der Waals surface area contributed by atoms with Crippen molar-refractivity contribution in [1.82, 2.24) is 9.97 Å². The lowest BCUT2D eigenvalue weighted by Gasteiger charge is -2.09. The first kappa shape index (κ1) is 13.3. The van der Waals surface area contributed by atoms with Crippen LogP contribution in [0.25, 0.3) is 11.4 Å². The molecular weight excluding hydrogens is 340 g/mol. The van der Waals surface area contributed by atoms with Crippen molar-refractivity contribution in [3.63, 3.8) is 0 Å². The van der Waals surface area contributed by atoms with Crippen LogP contribution < -0.4 is 0 Å². The molecule has 19 heavy (non-hydrogen) atoms. The summed E-state index contributed by atoms with van der Waals surface area (Å²) in [7, 11) is 0. The second-order valence-electron chi connectivity index (χ2n) is 4.76. The van der Waals surface area contributed by atoms with Gasteiger partial charge >= 0.3 is 0 Å². The molecule has 1 aliphatic rings. The Hall–Kier alpha value is -0.650. The molecule has 0 aliphatic carbocycles. The van der Waals surface area contributed by atoms with Crippen molar-refractivity contribution in [2.45, 2.75) is 25.4 Å². The van der Waals surface area contributed by atoms with Gasteiger partial charge in [0.15, 0.2) is 0 Å². The maximum absolute atomic E-state index is 5.40. The number of aromatic amines is 1. The highest BCUT2D eigenvalue weighted by Gasteiger charge is 2.16. The van der Waals surface area contributed by atoms with Crippen LogP contribution >= 0.6 is 39.9 Å². The van der Waals surface area contributed by atoms with Gasteiger partial charge in [0.2, 0.25) is 0 Å². The highest BCUT2D eigenvalue weighted by atomic mass is 79.9. The quantitative estimate of drug-likeness (QED) is 0.737. The molecule has 1 aromatic heterocycles. The molecular formula is C14H13BrN2S2. The van der Waals surface area contributed by atoms with Crippen LogP contribution in [0, 0.1) is 18.5 Å². The smallest absolute Gasteiger partial charge is 0.139 e. The molecule has 0 fully saturated rings. The van der Waals surface area contributed by atoms with Crippen LogP contribution in [0.2, 0.25) is 0 Å². The molecule has 2 heterocycles. The number of thioether (sulfide) groups is 1.